The topological polar surface area (TPSA) is 99.8 Å². The van der Waals surface area contributed by atoms with Gasteiger partial charge in [0.1, 0.15) is 6.61 Å². The van der Waals surface area contributed by atoms with Crippen LogP contribution in [0.15, 0.2) is 0 Å². The number of fused-ring (bicyclic) bond motifs is 1. The van der Waals surface area contributed by atoms with Crippen LogP contribution < -0.4 is 0 Å². The van der Waals surface area contributed by atoms with Crippen LogP contribution >= 0.6 is 0 Å². The van der Waals surface area contributed by atoms with Gasteiger partial charge in [-0.15, -0.1) is 0 Å². The Kier molecular flexibility index (Phi) is 3.81. The fourth-order valence-electron chi connectivity index (χ4n) is 4.59. The second-order valence-electron chi connectivity index (χ2n) is 7.77. The van der Waals surface area contributed by atoms with Gasteiger partial charge in [-0.3, -0.25) is 15.0 Å². The average molecular weight is 356 g/mol. The van der Waals surface area contributed by atoms with Crippen molar-refractivity contribution in [3.63, 3.8) is 0 Å². The van der Waals surface area contributed by atoms with E-state index in [0.29, 0.717) is 30.7 Å². The van der Waals surface area contributed by atoms with Crippen LogP contribution in [-0.2, 0) is 24.2 Å². The molecule has 2 aromatic heterocycles. The van der Waals surface area contributed by atoms with Crippen molar-refractivity contribution in [1.82, 2.24) is 30.3 Å². The number of hydrogen-bond acceptors (Lipinski definition) is 5. The summed E-state index contributed by atoms with van der Waals surface area (Å²) in [6.45, 7) is 1.88. The number of rotatable bonds is 5. The predicted molar refractivity (Wildman–Crippen MR) is 92.6 cm³/mol. The molecule has 8 nitrogen and oxygen atoms in total. The second-order valence-corrected chi connectivity index (χ2v) is 7.77. The smallest absolute Gasteiger partial charge is 0.274 e. The number of nitrogens with one attached hydrogen (secondary N) is 2. The van der Waals surface area contributed by atoms with E-state index >= 15 is 0 Å². The van der Waals surface area contributed by atoms with Gasteiger partial charge < -0.3 is 9.64 Å². The highest BCUT2D eigenvalue weighted by Crippen LogP contribution is 2.47. The normalized spacial score (nSPS) is 25.0. The number of aromatic amines is 2. The van der Waals surface area contributed by atoms with E-state index in [1.807, 2.05) is 4.90 Å². The first kappa shape index (κ1) is 16.0. The van der Waals surface area contributed by atoms with Crippen molar-refractivity contribution in [1.29, 1.82) is 0 Å². The molecule has 2 N–H and O–H groups in total. The minimum Gasteiger partial charge on any atom is -0.377 e. The van der Waals surface area contributed by atoms with Gasteiger partial charge >= 0.3 is 0 Å². The lowest BCUT2D eigenvalue weighted by Gasteiger charge is -2.15. The fourth-order valence-corrected chi connectivity index (χ4v) is 4.59. The Hall–Kier alpha value is -2.22. The minimum absolute atomic E-state index is 0.0604. The van der Waals surface area contributed by atoms with Gasteiger partial charge in [-0.05, 0) is 43.9 Å². The Bertz CT molecular complexity index is 824. The summed E-state index contributed by atoms with van der Waals surface area (Å²) in [5, 5.41) is 14.8. The monoisotopic (exact) mass is 356 g/mol. The molecule has 3 heterocycles. The summed E-state index contributed by atoms with van der Waals surface area (Å²) in [5.74, 6) is 2.94. The molecule has 1 aliphatic heterocycles. The molecule has 0 spiro atoms. The van der Waals surface area contributed by atoms with E-state index in [-0.39, 0.29) is 11.8 Å². The van der Waals surface area contributed by atoms with Crippen LogP contribution in [0.3, 0.4) is 0 Å². The number of amides is 1. The van der Waals surface area contributed by atoms with Crippen molar-refractivity contribution < 1.29 is 9.53 Å². The van der Waals surface area contributed by atoms with Gasteiger partial charge in [0.2, 0.25) is 0 Å². The highest BCUT2D eigenvalue weighted by molar-refractivity contribution is 5.94. The quantitative estimate of drug-likeness (QED) is 0.844. The van der Waals surface area contributed by atoms with Crippen molar-refractivity contribution in [3.05, 3.63) is 28.6 Å². The summed E-state index contributed by atoms with van der Waals surface area (Å²) in [6.07, 6.45) is 5.56. The summed E-state index contributed by atoms with van der Waals surface area (Å²) in [6, 6.07) is 0. The van der Waals surface area contributed by atoms with Crippen LogP contribution in [-0.4, -0.2) is 56.4 Å². The molecule has 2 aliphatic carbocycles. The molecule has 1 saturated heterocycles. The van der Waals surface area contributed by atoms with Gasteiger partial charge in [-0.25, -0.2) is 4.98 Å². The molecule has 2 aromatic rings. The Balaban J connectivity index is 1.38. The molecule has 8 heteroatoms. The molecule has 0 radical (unpaired) electrons. The van der Waals surface area contributed by atoms with Crippen molar-refractivity contribution in [2.75, 3.05) is 20.2 Å². The number of aryl methyl sites for hydroxylation is 1. The number of methoxy groups -OCH3 is 1. The fraction of sp³-hybridized carbons (Fsp3) is 0.667. The highest BCUT2D eigenvalue weighted by atomic mass is 16.5. The van der Waals surface area contributed by atoms with Gasteiger partial charge in [0.25, 0.3) is 5.91 Å². The van der Waals surface area contributed by atoms with Crippen LogP contribution in [0.4, 0.5) is 0 Å². The average Bonchev–Trinajstić information content (AvgIpc) is 3.04. The van der Waals surface area contributed by atoms with Crippen LogP contribution in [0.25, 0.3) is 0 Å². The zero-order valence-corrected chi connectivity index (χ0v) is 15.0. The summed E-state index contributed by atoms with van der Waals surface area (Å²) < 4.78 is 5.13. The maximum absolute atomic E-state index is 13.1. The third kappa shape index (κ3) is 2.63. The summed E-state index contributed by atoms with van der Waals surface area (Å²) in [7, 11) is 1.65. The molecule has 2 fully saturated rings. The number of nitrogens with zero attached hydrogens (tertiary/aromatic N) is 4. The third-order valence-corrected chi connectivity index (χ3v) is 6.05. The second kappa shape index (κ2) is 6.19. The number of carbonyl (C=O) groups excluding carboxylic acids is 1. The lowest BCUT2D eigenvalue weighted by atomic mass is 9.91. The molecule has 0 bridgehead atoms. The Labute approximate surface area is 151 Å². The first-order valence-electron chi connectivity index (χ1n) is 9.50. The van der Waals surface area contributed by atoms with Gasteiger partial charge in [-0.2, -0.15) is 10.2 Å². The van der Waals surface area contributed by atoms with Crippen molar-refractivity contribution in [3.8, 4) is 0 Å². The van der Waals surface area contributed by atoms with Crippen molar-refractivity contribution >= 4 is 5.91 Å². The first-order valence-corrected chi connectivity index (χ1v) is 9.50. The molecular formula is C18H24N6O2. The molecule has 138 valence electrons. The molecule has 0 aromatic carbocycles. The Morgan fingerprint density at radius 2 is 2.12 bits per heavy atom. The molecule has 3 aliphatic rings. The highest BCUT2D eigenvalue weighted by Gasteiger charge is 2.46. The van der Waals surface area contributed by atoms with E-state index < -0.39 is 0 Å². The van der Waals surface area contributed by atoms with Gasteiger partial charge in [0, 0.05) is 37.4 Å². The third-order valence-electron chi connectivity index (χ3n) is 6.05. The zero-order valence-electron chi connectivity index (χ0n) is 15.0. The van der Waals surface area contributed by atoms with Crippen LogP contribution in [0, 0.1) is 11.8 Å². The largest absolute Gasteiger partial charge is 0.377 e. The molecular weight excluding hydrogens is 332 g/mol. The Morgan fingerprint density at radius 1 is 1.23 bits per heavy atom. The lowest BCUT2D eigenvalue weighted by molar-refractivity contribution is 0.0777. The zero-order chi connectivity index (χ0) is 17.7. The number of likely N-dealkylation sites (tertiary alicyclic amines) is 1. The van der Waals surface area contributed by atoms with E-state index in [0.717, 1.165) is 48.7 Å². The number of H-pyrrole nitrogens is 2. The van der Waals surface area contributed by atoms with E-state index in [9.17, 15) is 4.79 Å². The van der Waals surface area contributed by atoms with E-state index in [1.54, 1.807) is 7.11 Å². The summed E-state index contributed by atoms with van der Waals surface area (Å²) in [4.78, 5) is 19.7. The minimum atomic E-state index is 0.0604. The van der Waals surface area contributed by atoms with Crippen LogP contribution in [0.5, 0.6) is 0 Å². The van der Waals surface area contributed by atoms with Crippen molar-refractivity contribution in [2.45, 2.75) is 44.6 Å². The molecule has 2 atom stereocenters. The van der Waals surface area contributed by atoms with Gasteiger partial charge in [0.05, 0.1) is 0 Å². The number of carbonyl (C=O) groups is 1. The molecule has 1 saturated carbocycles. The first-order chi connectivity index (χ1) is 12.7. The van der Waals surface area contributed by atoms with E-state index in [4.69, 9.17) is 4.74 Å². The molecule has 5 rings (SSSR count). The molecule has 26 heavy (non-hydrogen) atoms. The molecule has 1 amide bonds. The molecule has 0 unspecified atom stereocenters. The maximum atomic E-state index is 13.1. The summed E-state index contributed by atoms with van der Waals surface area (Å²) >= 11 is 0. The number of ether oxygens (including phenoxy) is 1. The predicted octanol–water partition coefficient (Wildman–Crippen LogP) is 1.43. The number of hydrogen-bond donors (Lipinski definition) is 2. The summed E-state index contributed by atoms with van der Waals surface area (Å²) in [5.41, 5.74) is 2.89. The maximum Gasteiger partial charge on any atom is 0.274 e. The van der Waals surface area contributed by atoms with Crippen LogP contribution in [0.2, 0.25) is 0 Å². The number of aromatic nitrogens is 5. The van der Waals surface area contributed by atoms with E-state index in [1.165, 1.54) is 12.8 Å². The standard InChI is InChI=1S/C18H24N6O2/c1-26-9-15-19-17(23-21-15)13-8-24(7-12(13)10-5-6-10)18(25)16-11-3-2-4-14(11)20-22-16/h10,12-13H,2-9H2,1H3,(H,20,22)(H,19,21,23)/t12-,13+/m1/s1. The SMILES string of the molecule is COCc1nc([C@H]2CN(C(=O)c3n[nH]c4c3CCC4)C[C@@H]2C2CC2)n[nH]1. The van der Waals surface area contributed by atoms with Gasteiger partial charge in [-0.1, -0.05) is 0 Å². The van der Waals surface area contributed by atoms with Crippen molar-refractivity contribution in [2.24, 2.45) is 11.8 Å². The lowest BCUT2D eigenvalue weighted by Crippen LogP contribution is -2.30. The van der Waals surface area contributed by atoms with Gasteiger partial charge in [0.15, 0.2) is 17.3 Å². The Morgan fingerprint density at radius 3 is 2.92 bits per heavy atom. The van der Waals surface area contributed by atoms with E-state index in [2.05, 4.69) is 25.4 Å². The van der Waals surface area contributed by atoms with Crippen LogP contribution in [0.1, 0.15) is 58.6 Å².